The van der Waals surface area contributed by atoms with Crippen molar-refractivity contribution < 1.29 is 0 Å². The van der Waals surface area contributed by atoms with Gasteiger partial charge in [-0.25, -0.2) is 4.98 Å². The number of nitrogen functional groups attached to an aromatic ring is 1. The second-order valence-electron chi connectivity index (χ2n) is 5.56. The first-order chi connectivity index (χ1) is 11.1. The number of benzene rings is 1. The molecule has 4 heteroatoms. The summed E-state index contributed by atoms with van der Waals surface area (Å²) >= 11 is 0. The Morgan fingerprint density at radius 1 is 1.22 bits per heavy atom. The molecule has 0 atom stereocenters. The molecule has 2 heterocycles. The molecule has 0 saturated heterocycles. The number of fused-ring (bicyclic) bond motifs is 1. The predicted molar refractivity (Wildman–Crippen MR) is 96.0 cm³/mol. The molecular formula is C19H20N4. The molecule has 0 aliphatic rings. The van der Waals surface area contributed by atoms with E-state index in [4.69, 9.17) is 5.73 Å². The van der Waals surface area contributed by atoms with E-state index in [2.05, 4.69) is 29.1 Å². The van der Waals surface area contributed by atoms with Crippen molar-refractivity contribution in [3.05, 3.63) is 66.0 Å². The number of hydrogen-bond acceptors (Lipinski definition) is 3. The predicted octanol–water partition coefficient (Wildman–Crippen LogP) is 4.27. The Kier molecular flexibility index (Phi) is 3.98. The van der Waals surface area contributed by atoms with Gasteiger partial charge in [-0.1, -0.05) is 42.5 Å². The summed E-state index contributed by atoms with van der Waals surface area (Å²) in [6, 6.07) is 12.2. The molecule has 3 aromatic rings. The summed E-state index contributed by atoms with van der Waals surface area (Å²) in [4.78, 5) is 4.61. The van der Waals surface area contributed by atoms with Gasteiger partial charge in [-0.3, -0.25) is 0 Å². The van der Waals surface area contributed by atoms with Crippen LogP contribution in [0.2, 0.25) is 0 Å². The average Bonchev–Trinajstić information content (AvgIpc) is 2.98. The third-order valence-electron chi connectivity index (χ3n) is 3.81. The fraction of sp³-hybridized carbons (Fsp3) is 0.158. The van der Waals surface area contributed by atoms with Gasteiger partial charge in [-0.2, -0.15) is 4.52 Å². The Labute approximate surface area is 136 Å². The molecule has 0 bridgehead atoms. The summed E-state index contributed by atoms with van der Waals surface area (Å²) in [7, 11) is 0. The standard InChI is InChI=1S/C19H20N4/c1-4-5-8-14(3)19-21-18-12-15(11-17(20)23(18)22-19)16-10-7-6-9-13(16)2/h4-12H,20H2,1-3H3/b5-4-,14-8+. The van der Waals surface area contributed by atoms with Crippen LogP contribution < -0.4 is 5.73 Å². The Morgan fingerprint density at radius 3 is 2.74 bits per heavy atom. The highest BCUT2D eigenvalue weighted by molar-refractivity contribution is 5.74. The molecule has 0 fully saturated rings. The van der Waals surface area contributed by atoms with Gasteiger partial charge < -0.3 is 5.73 Å². The number of hydrogen-bond donors (Lipinski definition) is 1. The minimum atomic E-state index is 0.582. The van der Waals surface area contributed by atoms with E-state index in [-0.39, 0.29) is 0 Å². The number of rotatable bonds is 3. The van der Waals surface area contributed by atoms with Crippen molar-refractivity contribution >= 4 is 17.0 Å². The third-order valence-corrected chi connectivity index (χ3v) is 3.81. The van der Waals surface area contributed by atoms with Gasteiger partial charge in [0, 0.05) is 0 Å². The van der Waals surface area contributed by atoms with E-state index in [1.807, 2.05) is 56.3 Å². The molecule has 2 aromatic heterocycles. The molecule has 1 aromatic carbocycles. The molecule has 2 N–H and O–H groups in total. The largest absolute Gasteiger partial charge is 0.384 e. The van der Waals surface area contributed by atoms with Gasteiger partial charge in [0.2, 0.25) is 0 Å². The molecular weight excluding hydrogens is 284 g/mol. The van der Waals surface area contributed by atoms with Crippen LogP contribution in [0.5, 0.6) is 0 Å². The maximum Gasteiger partial charge on any atom is 0.177 e. The van der Waals surface area contributed by atoms with Crippen LogP contribution in [0, 0.1) is 6.92 Å². The third kappa shape index (κ3) is 2.88. The zero-order chi connectivity index (χ0) is 16.4. The molecule has 116 valence electrons. The number of anilines is 1. The van der Waals surface area contributed by atoms with Gasteiger partial charge in [0.25, 0.3) is 0 Å². The molecule has 0 aliphatic carbocycles. The lowest BCUT2D eigenvalue weighted by molar-refractivity contribution is 0.961. The van der Waals surface area contributed by atoms with Gasteiger partial charge in [0.1, 0.15) is 5.82 Å². The lowest BCUT2D eigenvalue weighted by Gasteiger charge is -2.07. The maximum absolute atomic E-state index is 6.19. The lowest BCUT2D eigenvalue weighted by atomic mass is 10.0. The van der Waals surface area contributed by atoms with Gasteiger partial charge in [0.05, 0.1) is 0 Å². The minimum absolute atomic E-state index is 0.582. The van der Waals surface area contributed by atoms with Crippen LogP contribution in [0.25, 0.3) is 22.3 Å². The van der Waals surface area contributed by atoms with Crippen molar-refractivity contribution in [2.24, 2.45) is 0 Å². The summed E-state index contributed by atoms with van der Waals surface area (Å²) < 4.78 is 1.68. The monoisotopic (exact) mass is 304 g/mol. The summed E-state index contributed by atoms with van der Waals surface area (Å²) in [6.45, 7) is 6.06. The number of pyridine rings is 1. The molecule has 0 spiro atoms. The zero-order valence-corrected chi connectivity index (χ0v) is 13.6. The number of nitrogens with two attached hydrogens (primary N) is 1. The van der Waals surface area contributed by atoms with Crippen LogP contribution in [0.3, 0.4) is 0 Å². The first kappa shape index (κ1) is 15.0. The molecule has 0 unspecified atom stereocenters. The van der Waals surface area contributed by atoms with Gasteiger partial charge in [0.15, 0.2) is 11.5 Å². The van der Waals surface area contributed by atoms with Gasteiger partial charge >= 0.3 is 0 Å². The Hall–Kier alpha value is -2.88. The van der Waals surface area contributed by atoms with Crippen molar-refractivity contribution in [3.63, 3.8) is 0 Å². The van der Waals surface area contributed by atoms with E-state index >= 15 is 0 Å². The topological polar surface area (TPSA) is 56.2 Å². The van der Waals surface area contributed by atoms with Crippen LogP contribution in [-0.4, -0.2) is 14.6 Å². The van der Waals surface area contributed by atoms with Gasteiger partial charge in [-0.05, 0) is 55.2 Å². The zero-order valence-electron chi connectivity index (χ0n) is 13.6. The van der Waals surface area contributed by atoms with Crippen molar-refractivity contribution in [2.75, 3.05) is 5.73 Å². The van der Waals surface area contributed by atoms with Crippen molar-refractivity contribution in [3.8, 4) is 11.1 Å². The molecule has 0 radical (unpaired) electrons. The number of aryl methyl sites for hydroxylation is 1. The normalized spacial score (nSPS) is 12.4. The van der Waals surface area contributed by atoms with Crippen LogP contribution in [0.15, 0.2) is 54.6 Å². The highest BCUT2D eigenvalue weighted by Crippen LogP contribution is 2.26. The summed E-state index contributed by atoms with van der Waals surface area (Å²) in [5, 5.41) is 4.50. The van der Waals surface area contributed by atoms with E-state index < -0.39 is 0 Å². The summed E-state index contributed by atoms with van der Waals surface area (Å²) in [5.41, 5.74) is 11.4. The van der Waals surface area contributed by atoms with E-state index in [9.17, 15) is 0 Å². The molecule has 4 nitrogen and oxygen atoms in total. The first-order valence-corrected chi connectivity index (χ1v) is 7.62. The Bertz CT molecular complexity index is 916. The SMILES string of the molecule is C/C=C\C=C(/C)c1nc2cc(-c3ccccc3C)cc(N)n2n1. The second-order valence-corrected chi connectivity index (χ2v) is 5.56. The smallest absolute Gasteiger partial charge is 0.177 e. The van der Waals surface area contributed by atoms with Crippen LogP contribution in [0.4, 0.5) is 5.82 Å². The molecule has 23 heavy (non-hydrogen) atoms. The molecule has 0 saturated carbocycles. The van der Waals surface area contributed by atoms with Crippen molar-refractivity contribution in [1.29, 1.82) is 0 Å². The summed E-state index contributed by atoms with van der Waals surface area (Å²) in [6.07, 6.45) is 5.94. The minimum Gasteiger partial charge on any atom is -0.384 e. The second kappa shape index (κ2) is 6.08. The Balaban J connectivity index is 2.14. The van der Waals surface area contributed by atoms with Crippen LogP contribution >= 0.6 is 0 Å². The van der Waals surface area contributed by atoms with Crippen LogP contribution in [0.1, 0.15) is 25.2 Å². The maximum atomic E-state index is 6.19. The highest BCUT2D eigenvalue weighted by Gasteiger charge is 2.10. The molecule has 0 aliphatic heterocycles. The fourth-order valence-electron chi connectivity index (χ4n) is 2.54. The summed E-state index contributed by atoms with van der Waals surface area (Å²) in [5.74, 6) is 1.27. The van der Waals surface area contributed by atoms with E-state index in [1.54, 1.807) is 4.52 Å². The molecule has 0 amide bonds. The van der Waals surface area contributed by atoms with E-state index in [0.29, 0.717) is 11.6 Å². The van der Waals surface area contributed by atoms with Crippen LogP contribution in [-0.2, 0) is 0 Å². The number of aromatic nitrogens is 3. The number of allylic oxidation sites excluding steroid dienone is 4. The average molecular weight is 304 g/mol. The van der Waals surface area contributed by atoms with E-state index in [0.717, 1.165) is 22.3 Å². The van der Waals surface area contributed by atoms with Gasteiger partial charge in [-0.15, -0.1) is 5.10 Å². The highest BCUT2D eigenvalue weighted by atomic mass is 15.3. The van der Waals surface area contributed by atoms with Crippen molar-refractivity contribution in [1.82, 2.24) is 14.6 Å². The lowest BCUT2D eigenvalue weighted by Crippen LogP contribution is -1.99. The number of nitrogens with zero attached hydrogens (tertiary/aromatic N) is 3. The quantitative estimate of drug-likeness (QED) is 0.735. The van der Waals surface area contributed by atoms with Crippen molar-refractivity contribution in [2.45, 2.75) is 20.8 Å². The molecule has 3 rings (SSSR count). The fourth-order valence-corrected chi connectivity index (χ4v) is 2.54. The Morgan fingerprint density at radius 2 is 2.00 bits per heavy atom. The first-order valence-electron chi connectivity index (χ1n) is 7.62. The van der Waals surface area contributed by atoms with E-state index in [1.165, 1.54) is 5.56 Å².